The first-order chi connectivity index (χ1) is 8.84. The lowest BCUT2D eigenvalue weighted by Gasteiger charge is -2.21. The SMILES string of the molecule is CC(C)(CO)CNS(=O)(=O)c1ccc2c(c1)CCC2. The van der Waals surface area contributed by atoms with Crippen molar-refractivity contribution in [1.82, 2.24) is 4.72 Å². The van der Waals surface area contributed by atoms with Crippen molar-refractivity contribution in [1.29, 1.82) is 0 Å². The summed E-state index contributed by atoms with van der Waals surface area (Å²) in [6.07, 6.45) is 3.10. The molecular formula is C14H21NO3S. The van der Waals surface area contributed by atoms with Crippen LogP contribution in [0, 0.1) is 5.41 Å². The molecule has 0 amide bonds. The third-order valence-electron chi connectivity index (χ3n) is 3.55. The van der Waals surface area contributed by atoms with E-state index in [-0.39, 0.29) is 13.2 Å². The normalized spacial score (nSPS) is 15.5. The molecule has 0 heterocycles. The smallest absolute Gasteiger partial charge is 0.240 e. The highest BCUT2D eigenvalue weighted by Crippen LogP contribution is 2.25. The van der Waals surface area contributed by atoms with E-state index in [1.54, 1.807) is 12.1 Å². The van der Waals surface area contributed by atoms with Crippen LogP contribution in [0.3, 0.4) is 0 Å². The predicted molar refractivity (Wildman–Crippen MR) is 74.5 cm³/mol. The Bertz CT molecular complexity index is 564. The molecule has 0 radical (unpaired) electrons. The molecule has 4 nitrogen and oxygen atoms in total. The van der Waals surface area contributed by atoms with Crippen LogP contribution in [-0.4, -0.2) is 26.7 Å². The monoisotopic (exact) mass is 283 g/mol. The average molecular weight is 283 g/mol. The van der Waals surface area contributed by atoms with Crippen molar-refractivity contribution in [2.24, 2.45) is 5.41 Å². The number of hydrogen-bond acceptors (Lipinski definition) is 3. The highest BCUT2D eigenvalue weighted by molar-refractivity contribution is 7.89. The molecule has 106 valence electrons. The maximum Gasteiger partial charge on any atom is 0.240 e. The topological polar surface area (TPSA) is 66.4 Å². The van der Waals surface area contributed by atoms with Crippen molar-refractivity contribution in [3.8, 4) is 0 Å². The largest absolute Gasteiger partial charge is 0.396 e. The van der Waals surface area contributed by atoms with Gasteiger partial charge in [0.25, 0.3) is 0 Å². The third-order valence-corrected chi connectivity index (χ3v) is 4.95. The van der Waals surface area contributed by atoms with Crippen molar-refractivity contribution < 1.29 is 13.5 Å². The fourth-order valence-corrected chi connectivity index (χ4v) is 3.44. The summed E-state index contributed by atoms with van der Waals surface area (Å²) in [5.74, 6) is 0. The fourth-order valence-electron chi connectivity index (χ4n) is 2.14. The standard InChI is InChI=1S/C14H21NO3S/c1-14(2,10-16)9-15-19(17,18)13-7-6-11-4-3-5-12(11)8-13/h6-8,15-16H,3-5,9-10H2,1-2H3. The van der Waals surface area contributed by atoms with Gasteiger partial charge >= 0.3 is 0 Å². The lowest BCUT2D eigenvalue weighted by Crippen LogP contribution is -2.36. The molecule has 5 heteroatoms. The number of rotatable bonds is 5. The summed E-state index contributed by atoms with van der Waals surface area (Å²) < 4.78 is 27.0. The second kappa shape index (κ2) is 5.23. The van der Waals surface area contributed by atoms with E-state index in [9.17, 15) is 8.42 Å². The molecule has 0 aromatic heterocycles. The molecule has 2 N–H and O–H groups in total. The molecule has 0 atom stereocenters. The molecule has 2 rings (SSSR count). The summed E-state index contributed by atoms with van der Waals surface area (Å²) in [6, 6.07) is 5.35. The van der Waals surface area contributed by atoms with Gasteiger partial charge in [-0.15, -0.1) is 0 Å². The van der Waals surface area contributed by atoms with E-state index in [1.165, 1.54) is 5.56 Å². The predicted octanol–water partition coefficient (Wildman–Crippen LogP) is 1.47. The molecule has 0 unspecified atom stereocenters. The van der Waals surface area contributed by atoms with E-state index in [4.69, 9.17) is 5.11 Å². The van der Waals surface area contributed by atoms with Gasteiger partial charge in [-0.05, 0) is 42.5 Å². The van der Waals surface area contributed by atoms with Crippen molar-refractivity contribution in [3.63, 3.8) is 0 Å². The van der Waals surface area contributed by atoms with Gasteiger partial charge in [-0.3, -0.25) is 0 Å². The van der Waals surface area contributed by atoms with Gasteiger partial charge in [-0.25, -0.2) is 13.1 Å². The van der Waals surface area contributed by atoms with Crippen LogP contribution < -0.4 is 4.72 Å². The Hall–Kier alpha value is -0.910. The summed E-state index contributed by atoms with van der Waals surface area (Å²) in [5.41, 5.74) is 1.95. The van der Waals surface area contributed by atoms with Crippen LogP contribution in [0.4, 0.5) is 0 Å². The molecule has 1 aromatic rings. The van der Waals surface area contributed by atoms with Gasteiger partial charge in [-0.1, -0.05) is 19.9 Å². The number of fused-ring (bicyclic) bond motifs is 1. The lowest BCUT2D eigenvalue weighted by molar-refractivity contribution is 0.163. The van der Waals surface area contributed by atoms with Crippen LogP contribution in [0.2, 0.25) is 0 Å². The second-order valence-corrected chi connectivity index (χ2v) is 7.70. The first kappa shape index (κ1) is 14.5. The molecule has 0 bridgehead atoms. The number of nitrogens with one attached hydrogen (secondary N) is 1. The molecule has 1 aliphatic carbocycles. The van der Waals surface area contributed by atoms with Crippen LogP contribution >= 0.6 is 0 Å². The number of aryl methyl sites for hydroxylation is 2. The quantitative estimate of drug-likeness (QED) is 0.860. The Morgan fingerprint density at radius 3 is 2.63 bits per heavy atom. The van der Waals surface area contributed by atoms with Crippen LogP contribution in [-0.2, 0) is 22.9 Å². The Kier molecular flexibility index (Phi) is 3.99. The van der Waals surface area contributed by atoms with Crippen LogP contribution in [0.1, 0.15) is 31.4 Å². The number of aliphatic hydroxyl groups excluding tert-OH is 1. The van der Waals surface area contributed by atoms with Crippen molar-refractivity contribution in [2.45, 2.75) is 38.0 Å². The number of sulfonamides is 1. The van der Waals surface area contributed by atoms with E-state index in [2.05, 4.69) is 4.72 Å². The van der Waals surface area contributed by atoms with E-state index >= 15 is 0 Å². The van der Waals surface area contributed by atoms with Crippen molar-refractivity contribution >= 4 is 10.0 Å². The highest BCUT2D eigenvalue weighted by atomic mass is 32.2. The van der Waals surface area contributed by atoms with E-state index in [0.29, 0.717) is 4.90 Å². The van der Waals surface area contributed by atoms with E-state index < -0.39 is 15.4 Å². The maximum atomic E-state index is 12.2. The Labute approximate surface area is 114 Å². The van der Waals surface area contributed by atoms with Crippen molar-refractivity contribution in [3.05, 3.63) is 29.3 Å². The van der Waals surface area contributed by atoms with Gasteiger partial charge in [-0.2, -0.15) is 0 Å². The summed E-state index contributed by atoms with van der Waals surface area (Å²) >= 11 is 0. The first-order valence-electron chi connectivity index (χ1n) is 6.56. The number of hydrogen-bond donors (Lipinski definition) is 2. The zero-order chi connectivity index (χ0) is 14.1. The molecule has 0 saturated heterocycles. The highest BCUT2D eigenvalue weighted by Gasteiger charge is 2.22. The van der Waals surface area contributed by atoms with Crippen LogP contribution in [0.5, 0.6) is 0 Å². The molecule has 0 aliphatic heterocycles. The molecular weight excluding hydrogens is 262 g/mol. The van der Waals surface area contributed by atoms with Gasteiger partial charge in [0.15, 0.2) is 0 Å². The van der Waals surface area contributed by atoms with Gasteiger partial charge in [0.1, 0.15) is 0 Å². The van der Waals surface area contributed by atoms with E-state index in [1.807, 2.05) is 19.9 Å². The third kappa shape index (κ3) is 3.35. The number of benzene rings is 1. The Morgan fingerprint density at radius 1 is 1.26 bits per heavy atom. The number of aliphatic hydroxyl groups is 1. The van der Waals surface area contributed by atoms with Crippen molar-refractivity contribution in [2.75, 3.05) is 13.2 Å². The lowest BCUT2D eigenvalue weighted by atomic mass is 9.96. The molecule has 0 fully saturated rings. The molecule has 19 heavy (non-hydrogen) atoms. The second-order valence-electron chi connectivity index (χ2n) is 5.93. The Morgan fingerprint density at radius 2 is 1.95 bits per heavy atom. The summed E-state index contributed by atoms with van der Waals surface area (Å²) in [5, 5.41) is 9.15. The zero-order valence-corrected chi connectivity index (χ0v) is 12.3. The van der Waals surface area contributed by atoms with Gasteiger partial charge in [0.05, 0.1) is 4.90 Å². The summed E-state index contributed by atoms with van der Waals surface area (Å²) in [6.45, 7) is 3.80. The van der Waals surface area contributed by atoms with Gasteiger partial charge in [0, 0.05) is 18.6 Å². The van der Waals surface area contributed by atoms with Gasteiger partial charge in [0.2, 0.25) is 10.0 Å². The van der Waals surface area contributed by atoms with Gasteiger partial charge < -0.3 is 5.11 Å². The minimum absolute atomic E-state index is 0.0558. The molecule has 0 saturated carbocycles. The Balaban J connectivity index is 2.16. The molecule has 0 spiro atoms. The summed E-state index contributed by atoms with van der Waals surface area (Å²) in [4.78, 5) is 0.321. The summed E-state index contributed by atoms with van der Waals surface area (Å²) in [7, 11) is -3.49. The minimum atomic E-state index is -3.49. The van der Waals surface area contributed by atoms with E-state index in [0.717, 1.165) is 24.8 Å². The maximum absolute atomic E-state index is 12.2. The minimum Gasteiger partial charge on any atom is -0.396 e. The molecule has 1 aromatic carbocycles. The van der Waals surface area contributed by atoms with Crippen LogP contribution in [0.15, 0.2) is 23.1 Å². The first-order valence-corrected chi connectivity index (χ1v) is 8.05. The van der Waals surface area contributed by atoms with Crippen LogP contribution in [0.25, 0.3) is 0 Å². The zero-order valence-electron chi connectivity index (χ0n) is 11.4. The fraction of sp³-hybridized carbons (Fsp3) is 0.571. The average Bonchev–Trinajstić information content (AvgIpc) is 2.84. The molecule has 1 aliphatic rings.